The van der Waals surface area contributed by atoms with Gasteiger partial charge in [0.05, 0.1) is 18.2 Å². The van der Waals surface area contributed by atoms with Gasteiger partial charge in [-0.2, -0.15) is 5.10 Å². The number of urea groups is 1. The maximum absolute atomic E-state index is 12.6. The first-order valence-corrected chi connectivity index (χ1v) is 28.7. The van der Waals surface area contributed by atoms with Crippen molar-refractivity contribution in [2.75, 3.05) is 0 Å². The van der Waals surface area contributed by atoms with Crippen molar-refractivity contribution in [3.8, 4) is 0 Å². The van der Waals surface area contributed by atoms with Crippen LogP contribution in [0.15, 0.2) is 121 Å². The number of hydrogen-bond acceptors (Lipinski definition) is 7. The SMILES string of the molecule is C=C(NC1CCCC(C)(C)C1)NC(C)C1=C(C)c2ccccc2C1.C=C(NC1CCc2ncnn2C1)NC(C)C1=C(C)c2ccccc2C1.CC1=C(C(C)NC(=O)NC2CCCC3(CCCC3)C2)Cc2ccccc21. The number of carbonyl (C=O) groups is 1. The Morgan fingerprint density at radius 3 is 1.55 bits per heavy atom. The number of amides is 2. The Bertz CT molecular complexity index is 2800. The van der Waals surface area contributed by atoms with Gasteiger partial charge < -0.3 is 31.9 Å². The third-order valence-electron chi connectivity index (χ3n) is 18.3. The van der Waals surface area contributed by atoms with Crippen LogP contribution in [0.3, 0.4) is 0 Å². The first kappa shape index (κ1) is 53.8. The van der Waals surface area contributed by atoms with Gasteiger partial charge in [0.2, 0.25) is 0 Å². The lowest BCUT2D eigenvalue weighted by atomic mass is 9.71. The topological polar surface area (TPSA) is 120 Å². The molecule has 3 fully saturated rings. The molecular weight excluding hydrogens is 923 g/mol. The van der Waals surface area contributed by atoms with Crippen LogP contribution in [0.1, 0.15) is 178 Å². The molecule has 1 aromatic heterocycles. The molecule has 75 heavy (non-hydrogen) atoms. The fraction of sp³-hybridized carbons (Fsp3) is 0.523. The largest absolute Gasteiger partial charge is 0.370 e. The van der Waals surface area contributed by atoms with Crippen LogP contribution < -0.4 is 31.9 Å². The third kappa shape index (κ3) is 13.0. The van der Waals surface area contributed by atoms with Gasteiger partial charge in [-0.25, -0.2) is 14.5 Å². The van der Waals surface area contributed by atoms with E-state index >= 15 is 0 Å². The summed E-state index contributed by atoms with van der Waals surface area (Å²) in [6, 6.07) is 27.9. The van der Waals surface area contributed by atoms with E-state index in [2.05, 4.69) is 183 Å². The minimum atomic E-state index is 0.00815. The Kier molecular flexibility index (Phi) is 16.8. The highest BCUT2D eigenvalue weighted by Crippen LogP contribution is 2.49. The van der Waals surface area contributed by atoms with Crippen molar-refractivity contribution in [3.05, 3.63) is 160 Å². The molecule has 10 heteroatoms. The molecule has 1 spiro atoms. The summed E-state index contributed by atoms with van der Waals surface area (Å²) in [7, 11) is 0. The van der Waals surface area contributed by atoms with Crippen LogP contribution in [-0.4, -0.2) is 57.0 Å². The van der Waals surface area contributed by atoms with Crippen molar-refractivity contribution < 1.29 is 4.79 Å². The van der Waals surface area contributed by atoms with Gasteiger partial charge in [0.25, 0.3) is 0 Å². The van der Waals surface area contributed by atoms with Crippen LogP contribution in [0.25, 0.3) is 16.7 Å². The van der Waals surface area contributed by atoms with Gasteiger partial charge in [0.15, 0.2) is 0 Å². The highest BCUT2D eigenvalue weighted by Gasteiger charge is 2.39. The molecule has 0 bridgehead atoms. The molecule has 2 heterocycles. The number of nitrogens with one attached hydrogen (secondary N) is 6. The minimum Gasteiger partial charge on any atom is -0.370 e. The quantitative estimate of drug-likeness (QED) is 0.0789. The maximum atomic E-state index is 12.6. The Morgan fingerprint density at radius 1 is 0.587 bits per heavy atom. The van der Waals surface area contributed by atoms with E-state index in [1.54, 1.807) is 6.33 Å². The fourth-order valence-corrected chi connectivity index (χ4v) is 14.2. The number of hydrogen-bond donors (Lipinski definition) is 6. The first-order chi connectivity index (χ1) is 36.0. The molecular formula is C65H89N9O. The van der Waals surface area contributed by atoms with Gasteiger partial charge in [-0.3, -0.25) is 0 Å². The summed E-state index contributed by atoms with van der Waals surface area (Å²) in [5.74, 6) is 2.94. The lowest BCUT2D eigenvalue weighted by Gasteiger charge is -2.38. The molecule has 1 aliphatic heterocycles. The summed E-state index contributed by atoms with van der Waals surface area (Å²) < 4.78 is 1.98. The predicted molar refractivity (Wildman–Crippen MR) is 310 cm³/mol. The van der Waals surface area contributed by atoms with E-state index < -0.39 is 0 Å². The van der Waals surface area contributed by atoms with E-state index in [4.69, 9.17) is 0 Å². The standard InChI is InChI=1S/C23H32N2O.C22H32N2.C20H25N5/c1-16-20-10-4-3-8-18(20)14-21(16)17(2)24-22(26)25-19-9-7-13-23(15-19)11-5-6-12-23;1-15-20-11-7-6-9-18(20)13-21(15)16(2)23-17(3)24-19-10-8-12-22(4,5)14-19;1-13-18-7-5-4-6-16(18)10-19(13)14(2)23-15(3)24-17-8-9-20-21-12-22-25(20)11-17/h3-4,8,10,17,19H,5-7,9,11-15H2,1-2H3,(H2,24,25,26);6-7,9,11,16,19,23-24H,3,8,10,12-14H2,1-2,4-5H3;4-7,12,14,17,23-24H,3,8-11H2,1-2H3. The van der Waals surface area contributed by atoms with Gasteiger partial charge in [-0.05, 0) is 196 Å². The Hall–Kier alpha value is -6.03. The van der Waals surface area contributed by atoms with E-state index in [0.29, 0.717) is 35.0 Å². The summed E-state index contributed by atoms with van der Waals surface area (Å²) in [5.41, 5.74) is 17.8. The summed E-state index contributed by atoms with van der Waals surface area (Å²) in [4.78, 5) is 16.9. The summed E-state index contributed by atoms with van der Waals surface area (Å²) in [6.45, 7) is 27.3. The number of benzene rings is 3. The number of nitrogens with zero attached hydrogens (tertiary/aromatic N) is 3. The molecule has 6 atom stereocenters. The Labute approximate surface area is 450 Å². The zero-order chi connectivity index (χ0) is 52.9. The van der Waals surface area contributed by atoms with Gasteiger partial charge in [-0.1, -0.05) is 125 Å². The zero-order valence-corrected chi connectivity index (χ0v) is 46.9. The van der Waals surface area contributed by atoms with E-state index in [-0.39, 0.29) is 18.1 Å². The number of allylic oxidation sites excluding steroid dienone is 3. The molecule has 0 radical (unpaired) electrons. The molecule has 2 amide bonds. The summed E-state index contributed by atoms with van der Waals surface area (Å²) in [6.07, 6.45) is 22.3. The molecule has 6 unspecified atom stereocenters. The highest BCUT2D eigenvalue weighted by atomic mass is 16.2. The van der Waals surface area contributed by atoms with E-state index in [0.717, 1.165) is 62.5 Å². The average molecular weight is 1010 g/mol. The van der Waals surface area contributed by atoms with Crippen molar-refractivity contribution in [1.29, 1.82) is 0 Å². The third-order valence-corrected chi connectivity index (χ3v) is 18.3. The normalized spacial score (nSPS) is 23.0. The maximum Gasteiger partial charge on any atom is 0.315 e. The van der Waals surface area contributed by atoms with E-state index in [1.807, 2.05) is 4.68 Å². The molecule has 3 aromatic carbocycles. The molecule has 11 rings (SSSR count). The Morgan fingerprint density at radius 2 is 1.04 bits per heavy atom. The number of rotatable bonds is 13. The molecule has 400 valence electrons. The van der Waals surface area contributed by atoms with Crippen molar-refractivity contribution in [2.45, 2.75) is 207 Å². The number of carbonyl (C=O) groups excluding carboxylic acids is 1. The summed E-state index contributed by atoms with van der Waals surface area (Å²) in [5, 5.41) is 25.1. The van der Waals surface area contributed by atoms with Crippen LogP contribution in [-0.2, 0) is 32.2 Å². The minimum absolute atomic E-state index is 0.00815. The van der Waals surface area contributed by atoms with Crippen molar-refractivity contribution in [2.24, 2.45) is 10.8 Å². The highest BCUT2D eigenvalue weighted by molar-refractivity contribution is 5.79. The second kappa shape index (κ2) is 23.5. The lowest BCUT2D eigenvalue weighted by Crippen LogP contribution is -2.48. The van der Waals surface area contributed by atoms with Crippen molar-refractivity contribution >= 4 is 22.8 Å². The Balaban J connectivity index is 0.000000138. The molecule has 6 aliphatic carbocycles. The fourth-order valence-electron chi connectivity index (χ4n) is 14.2. The van der Waals surface area contributed by atoms with Gasteiger partial charge in [-0.15, -0.1) is 0 Å². The van der Waals surface area contributed by atoms with Crippen molar-refractivity contribution in [3.63, 3.8) is 0 Å². The second-order valence-electron chi connectivity index (χ2n) is 24.3. The number of fused-ring (bicyclic) bond motifs is 4. The average Bonchev–Trinajstić information content (AvgIpc) is 4.23. The smallest absolute Gasteiger partial charge is 0.315 e. The second-order valence-corrected chi connectivity index (χ2v) is 24.3. The van der Waals surface area contributed by atoms with E-state index in [1.165, 1.54) is 137 Å². The first-order valence-electron chi connectivity index (χ1n) is 28.7. The van der Waals surface area contributed by atoms with E-state index in [9.17, 15) is 4.79 Å². The van der Waals surface area contributed by atoms with Gasteiger partial charge >= 0.3 is 6.03 Å². The molecule has 7 aliphatic rings. The van der Waals surface area contributed by atoms with Crippen LogP contribution >= 0.6 is 0 Å². The lowest BCUT2D eigenvalue weighted by molar-refractivity contribution is 0.160. The van der Waals surface area contributed by atoms with Crippen LogP contribution in [0.2, 0.25) is 0 Å². The monoisotopic (exact) mass is 1010 g/mol. The van der Waals surface area contributed by atoms with Crippen LogP contribution in [0.5, 0.6) is 0 Å². The molecule has 10 nitrogen and oxygen atoms in total. The van der Waals surface area contributed by atoms with Crippen LogP contribution in [0.4, 0.5) is 4.79 Å². The van der Waals surface area contributed by atoms with Crippen LogP contribution in [0, 0.1) is 10.8 Å². The molecule has 6 N–H and O–H groups in total. The molecule has 0 saturated heterocycles. The molecule has 4 aromatic rings. The predicted octanol–water partition coefficient (Wildman–Crippen LogP) is 12.9. The van der Waals surface area contributed by atoms with Gasteiger partial charge in [0, 0.05) is 42.7 Å². The number of aromatic nitrogens is 3. The zero-order valence-electron chi connectivity index (χ0n) is 46.9. The van der Waals surface area contributed by atoms with Gasteiger partial charge in [0.1, 0.15) is 12.2 Å². The van der Waals surface area contributed by atoms with Crippen molar-refractivity contribution in [1.82, 2.24) is 46.7 Å². The number of aryl methyl sites for hydroxylation is 1. The molecule has 3 saturated carbocycles. The summed E-state index contributed by atoms with van der Waals surface area (Å²) >= 11 is 0.